The van der Waals surface area contributed by atoms with Crippen molar-refractivity contribution in [1.82, 2.24) is 10.6 Å². The first-order valence-corrected chi connectivity index (χ1v) is 5.30. The van der Waals surface area contributed by atoms with E-state index in [-0.39, 0.29) is 11.4 Å². The van der Waals surface area contributed by atoms with Gasteiger partial charge in [0.15, 0.2) is 0 Å². The van der Waals surface area contributed by atoms with E-state index < -0.39 is 0 Å². The number of hydrogen-bond donors (Lipinski definition) is 2. The summed E-state index contributed by atoms with van der Waals surface area (Å²) in [6.45, 7) is 4.68. The Morgan fingerprint density at radius 1 is 1.71 bits per heavy atom. The highest BCUT2D eigenvalue weighted by Crippen LogP contribution is 2.17. The van der Waals surface area contributed by atoms with Crippen LogP contribution >= 0.6 is 0 Å². The zero-order valence-electron chi connectivity index (χ0n) is 8.64. The Hall–Kier alpha value is -0.610. The average molecular weight is 198 g/mol. The van der Waals surface area contributed by atoms with E-state index >= 15 is 0 Å². The van der Waals surface area contributed by atoms with Crippen molar-refractivity contribution in [2.24, 2.45) is 0 Å². The van der Waals surface area contributed by atoms with Gasteiger partial charge in [-0.05, 0) is 19.8 Å². The molecule has 0 saturated carbocycles. The first kappa shape index (κ1) is 9.93. The second-order valence-electron chi connectivity index (χ2n) is 4.55. The minimum atomic E-state index is 0.118. The van der Waals surface area contributed by atoms with Crippen LogP contribution in [0, 0.1) is 0 Å². The molecule has 0 radical (unpaired) electrons. The Morgan fingerprint density at radius 3 is 3.14 bits per heavy atom. The van der Waals surface area contributed by atoms with Gasteiger partial charge in [0.25, 0.3) is 0 Å². The van der Waals surface area contributed by atoms with Crippen LogP contribution in [-0.2, 0) is 9.53 Å². The van der Waals surface area contributed by atoms with Crippen molar-refractivity contribution in [2.45, 2.75) is 37.8 Å². The molecule has 0 spiro atoms. The molecule has 0 aromatic carbocycles. The molecule has 80 valence electrons. The van der Waals surface area contributed by atoms with E-state index in [0.29, 0.717) is 12.5 Å². The van der Waals surface area contributed by atoms with Crippen molar-refractivity contribution < 1.29 is 9.53 Å². The highest BCUT2D eigenvalue weighted by atomic mass is 16.5. The molecule has 2 heterocycles. The average Bonchev–Trinajstić information content (AvgIpc) is 2.73. The summed E-state index contributed by atoms with van der Waals surface area (Å²) in [5.41, 5.74) is 0.118. The molecule has 14 heavy (non-hydrogen) atoms. The second-order valence-corrected chi connectivity index (χ2v) is 4.55. The van der Waals surface area contributed by atoms with E-state index in [1.54, 1.807) is 0 Å². The van der Waals surface area contributed by atoms with Gasteiger partial charge in [-0.25, -0.2) is 0 Å². The van der Waals surface area contributed by atoms with Gasteiger partial charge in [-0.3, -0.25) is 4.79 Å². The first-order chi connectivity index (χ1) is 6.68. The highest BCUT2D eigenvalue weighted by molar-refractivity contribution is 5.78. The summed E-state index contributed by atoms with van der Waals surface area (Å²) in [4.78, 5) is 11.0. The molecule has 4 nitrogen and oxygen atoms in total. The fourth-order valence-electron chi connectivity index (χ4n) is 2.01. The summed E-state index contributed by atoms with van der Waals surface area (Å²) in [7, 11) is 0. The number of carbonyl (C=O) groups excluding carboxylic acids is 1. The lowest BCUT2D eigenvalue weighted by Crippen LogP contribution is -2.48. The van der Waals surface area contributed by atoms with Crippen LogP contribution < -0.4 is 10.6 Å². The maximum Gasteiger partial charge on any atom is 0.220 e. The quantitative estimate of drug-likeness (QED) is 0.673. The maximum absolute atomic E-state index is 11.0. The van der Waals surface area contributed by atoms with Crippen LogP contribution in [-0.4, -0.2) is 37.2 Å². The number of hydrogen-bond acceptors (Lipinski definition) is 3. The summed E-state index contributed by atoms with van der Waals surface area (Å²) >= 11 is 0. The number of nitrogens with one attached hydrogen (secondary N) is 2. The van der Waals surface area contributed by atoms with Gasteiger partial charge in [0, 0.05) is 31.2 Å². The van der Waals surface area contributed by atoms with Crippen LogP contribution in [0.5, 0.6) is 0 Å². The number of amides is 1. The number of carbonyl (C=O) groups is 1. The van der Waals surface area contributed by atoms with Crippen molar-refractivity contribution in [1.29, 1.82) is 0 Å². The van der Waals surface area contributed by atoms with Crippen molar-refractivity contribution in [3.05, 3.63) is 0 Å². The molecule has 0 bridgehead atoms. The summed E-state index contributed by atoms with van der Waals surface area (Å²) in [5.74, 6) is 0.185. The topological polar surface area (TPSA) is 50.4 Å². The molecule has 4 heteroatoms. The van der Waals surface area contributed by atoms with Crippen molar-refractivity contribution >= 4 is 5.91 Å². The molecule has 2 aliphatic heterocycles. The summed E-state index contributed by atoms with van der Waals surface area (Å²) < 4.78 is 5.35. The van der Waals surface area contributed by atoms with Crippen LogP contribution in [0.25, 0.3) is 0 Å². The molecule has 0 aromatic rings. The van der Waals surface area contributed by atoms with Gasteiger partial charge in [-0.15, -0.1) is 0 Å². The maximum atomic E-state index is 11.0. The Morgan fingerprint density at radius 2 is 2.57 bits per heavy atom. The fraction of sp³-hybridized carbons (Fsp3) is 0.900. The van der Waals surface area contributed by atoms with Gasteiger partial charge >= 0.3 is 0 Å². The molecular formula is C10H18N2O2. The summed E-state index contributed by atoms with van der Waals surface area (Å²) in [6, 6.07) is 0.319. The molecule has 2 aliphatic rings. The molecule has 0 aromatic heterocycles. The molecule has 2 rings (SSSR count). The van der Waals surface area contributed by atoms with E-state index in [2.05, 4.69) is 17.6 Å². The first-order valence-electron chi connectivity index (χ1n) is 5.30. The van der Waals surface area contributed by atoms with E-state index in [1.807, 2.05) is 0 Å². The molecule has 1 amide bonds. The lowest BCUT2D eigenvalue weighted by molar-refractivity contribution is -0.119. The Kier molecular flexibility index (Phi) is 2.74. The Labute approximate surface area is 84.4 Å². The Bertz CT molecular complexity index is 224. The summed E-state index contributed by atoms with van der Waals surface area (Å²) in [5, 5.41) is 6.43. The smallest absolute Gasteiger partial charge is 0.220 e. The van der Waals surface area contributed by atoms with Gasteiger partial charge in [0.2, 0.25) is 5.91 Å². The normalized spacial score (nSPS) is 37.5. The van der Waals surface area contributed by atoms with Crippen molar-refractivity contribution in [3.63, 3.8) is 0 Å². The van der Waals surface area contributed by atoms with Crippen LogP contribution in [0.1, 0.15) is 26.2 Å². The van der Waals surface area contributed by atoms with Crippen molar-refractivity contribution in [2.75, 3.05) is 19.8 Å². The van der Waals surface area contributed by atoms with E-state index in [1.165, 1.54) is 0 Å². The predicted octanol–water partition coefficient (Wildman–Crippen LogP) is 0.0336. The predicted molar refractivity (Wildman–Crippen MR) is 53.0 cm³/mol. The third kappa shape index (κ3) is 2.25. The SMILES string of the molecule is CC1(NCC2CCC(=O)N2)CCOC1. The van der Waals surface area contributed by atoms with Crippen molar-refractivity contribution in [3.8, 4) is 0 Å². The third-order valence-electron chi connectivity index (χ3n) is 3.08. The highest BCUT2D eigenvalue weighted by Gasteiger charge is 2.30. The number of rotatable bonds is 3. The van der Waals surface area contributed by atoms with Crippen LogP contribution in [0.3, 0.4) is 0 Å². The Balaban J connectivity index is 1.74. The monoisotopic (exact) mass is 198 g/mol. The zero-order valence-corrected chi connectivity index (χ0v) is 8.64. The van der Waals surface area contributed by atoms with Gasteiger partial charge in [-0.1, -0.05) is 0 Å². The lowest BCUT2D eigenvalue weighted by Gasteiger charge is -2.25. The minimum Gasteiger partial charge on any atom is -0.379 e. The standard InChI is InChI=1S/C10H18N2O2/c1-10(4-5-14-7-10)11-6-8-2-3-9(13)12-8/h8,11H,2-7H2,1H3,(H,12,13). The van der Waals surface area contributed by atoms with E-state index in [0.717, 1.165) is 32.6 Å². The molecule has 2 unspecified atom stereocenters. The van der Waals surface area contributed by atoms with Gasteiger partial charge in [0.1, 0.15) is 0 Å². The van der Waals surface area contributed by atoms with Gasteiger partial charge in [0.05, 0.1) is 6.61 Å². The molecular weight excluding hydrogens is 180 g/mol. The molecule has 0 aliphatic carbocycles. The minimum absolute atomic E-state index is 0.118. The molecule has 2 atom stereocenters. The van der Waals surface area contributed by atoms with E-state index in [9.17, 15) is 4.79 Å². The third-order valence-corrected chi connectivity index (χ3v) is 3.08. The largest absolute Gasteiger partial charge is 0.379 e. The number of ether oxygens (including phenoxy) is 1. The zero-order chi connectivity index (χ0) is 10.0. The fourth-order valence-corrected chi connectivity index (χ4v) is 2.01. The van der Waals surface area contributed by atoms with Crippen LogP contribution in [0.4, 0.5) is 0 Å². The lowest BCUT2D eigenvalue weighted by atomic mass is 10.0. The van der Waals surface area contributed by atoms with Crippen LogP contribution in [0.15, 0.2) is 0 Å². The van der Waals surface area contributed by atoms with E-state index in [4.69, 9.17) is 4.74 Å². The molecule has 2 N–H and O–H groups in total. The second kappa shape index (κ2) is 3.87. The van der Waals surface area contributed by atoms with Gasteiger partial charge in [-0.2, -0.15) is 0 Å². The van der Waals surface area contributed by atoms with Crippen LogP contribution in [0.2, 0.25) is 0 Å². The van der Waals surface area contributed by atoms with Gasteiger partial charge < -0.3 is 15.4 Å². The summed E-state index contributed by atoms with van der Waals surface area (Å²) in [6.07, 6.45) is 2.70. The molecule has 2 fully saturated rings. The molecule has 2 saturated heterocycles.